The Morgan fingerprint density at radius 2 is 1.89 bits per heavy atom. The number of halogens is 1. The average Bonchev–Trinajstić information content (AvgIpc) is 2.39. The molecule has 6 heteroatoms. The number of benzene rings is 1. The number of hydrogen-bond donors (Lipinski definition) is 2. The van der Waals surface area contributed by atoms with E-state index in [1.54, 1.807) is 13.8 Å². The molecule has 0 atom stereocenters. The van der Waals surface area contributed by atoms with Gasteiger partial charge in [-0.05, 0) is 31.9 Å². The van der Waals surface area contributed by atoms with Gasteiger partial charge in [0.05, 0.1) is 10.5 Å². The summed E-state index contributed by atoms with van der Waals surface area (Å²) in [6.07, 6.45) is 0.877. The maximum absolute atomic E-state index is 13.4. The van der Waals surface area contributed by atoms with Crippen molar-refractivity contribution in [2.75, 3.05) is 6.54 Å². The van der Waals surface area contributed by atoms with Crippen molar-refractivity contribution >= 4 is 10.0 Å². The van der Waals surface area contributed by atoms with Crippen LogP contribution in [0.2, 0.25) is 0 Å². The molecule has 0 radical (unpaired) electrons. The molecule has 19 heavy (non-hydrogen) atoms. The summed E-state index contributed by atoms with van der Waals surface area (Å²) < 4.78 is 39.9. The molecule has 0 spiro atoms. The zero-order valence-corrected chi connectivity index (χ0v) is 12.2. The van der Waals surface area contributed by atoms with Crippen molar-refractivity contribution in [3.05, 3.63) is 29.6 Å². The maximum Gasteiger partial charge on any atom is 0.241 e. The van der Waals surface area contributed by atoms with Crippen LogP contribution in [-0.2, 0) is 10.0 Å². The van der Waals surface area contributed by atoms with Crippen molar-refractivity contribution in [3.63, 3.8) is 0 Å². The van der Waals surface area contributed by atoms with Gasteiger partial charge in [-0.25, -0.2) is 17.5 Å². The first-order chi connectivity index (χ1) is 8.75. The van der Waals surface area contributed by atoms with E-state index < -0.39 is 21.4 Å². The molecular formula is C13H20FNO3S. The van der Waals surface area contributed by atoms with Gasteiger partial charge in [-0.1, -0.05) is 19.9 Å². The van der Waals surface area contributed by atoms with E-state index in [0.717, 1.165) is 0 Å². The van der Waals surface area contributed by atoms with E-state index in [2.05, 4.69) is 4.72 Å². The van der Waals surface area contributed by atoms with E-state index >= 15 is 0 Å². The van der Waals surface area contributed by atoms with E-state index in [0.29, 0.717) is 12.8 Å². The smallest absolute Gasteiger partial charge is 0.241 e. The molecule has 0 aromatic heterocycles. The van der Waals surface area contributed by atoms with Crippen LogP contribution >= 0.6 is 0 Å². The fourth-order valence-corrected chi connectivity index (χ4v) is 3.06. The second-order valence-electron chi connectivity index (χ2n) is 4.62. The van der Waals surface area contributed by atoms with Crippen molar-refractivity contribution in [1.82, 2.24) is 4.72 Å². The topological polar surface area (TPSA) is 66.4 Å². The van der Waals surface area contributed by atoms with Gasteiger partial charge in [-0.3, -0.25) is 0 Å². The first kappa shape index (κ1) is 16.1. The van der Waals surface area contributed by atoms with Crippen molar-refractivity contribution in [2.24, 2.45) is 0 Å². The molecule has 4 nitrogen and oxygen atoms in total. The lowest BCUT2D eigenvalue weighted by molar-refractivity contribution is 0.0377. The van der Waals surface area contributed by atoms with Crippen molar-refractivity contribution in [1.29, 1.82) is 0 Å². The minimum Gasteiger partial charge on any atom is -0.389 e. The fourth-order valence-electron chi connectivity index (χ4n) is 1.69. The molecule has 1 rings (SSSR count). The molecular weight excluding hydrogens is 269 g/mol. The summed E-state index contributed by atoms with van der Waals surface area (Å²) in [6.45, 7) is 4.89. The predicted octanol–water partition coefficient (Wildman–Crippen LogP) is 1.96. The third kappa shape index (κ3) is 3.75. The molecule has 2 N–H and O–H groups in total. The highest BCUT2D eigenvalue weighted by atomic mass is 32.2. The Labute approximate surface area is 113 Å². The second kappa shape index (κ2) is 5.98. The standard InChI is InChI=1S/C13H20FNO3S/c1-4-13(16,5-2)9-15-19(17,18)12-8-6-7-11(14)10(12)3/h6-8,15-16H,4-5,9H2,1-3H3. The second-order valence-corrected chi connectivity index (χ2v) is 6.35. The first-order valence-electron chi connectivity index (χ1n) is 6.23. The number of hydrogen-bond acceptors (Lipinski definition) is 3. The molecule has 1 aromatic carbocycles. The molecule has 0 heterocycles. The summed E-state index contributed by atoms with van der Waals surface area (Å²) in [5, 5.41) is 10.1. The predicted molar refractivity (Wildman–Crippen MR) is 71.9 cm³/mol. The number of aliphatic hydroxyl groups is 1. The summed E-state index contributed by atoms with van der Waals surface area (Å²) in [6, 6.07) is 3.91. The fraction of sp³-hybridized carbons (Fsp3) is 0.538. The number of rotatable bonds is 6. The SMILES string of the molecule is CCC(O)(CC)CNS(=O)(=O)c1cccc(F)c1C. The largest absolute Gasteiger partial charge is 0.389 e. The van der Waals surface area contributed by atoms with Gasteiger partial charge >= 0.3 is 0 Å². The van der Waals surface area contributed by atoms with Crippen LogP contribution in [0, 0.1) is 12.7 Å². The quantitative estimate of drug-likeness (QED) is 0.841. The van der Waals surface area contributed by atoms with Gasteiger partial charge in [0, 0.05) is 12.1 Å². The summed E-state index contributed by atoms with van der Waals surface area (Å²) in [7, 11) is -3.82. The molecule has 0 bridgehead atoms. The van der Waals surface area contributed by atoms with Gasteiger partial charge < -0.3 is 5.11 Å². The third-order valence-electron chi connectivity index (χ3n) is 3.41. The van der Waals surface area contributed by atoms with E-state index in [1.807, 2.05) is 0 Å². The van der Waals surface area contributed by atoms with Crippen LogP contribution in [0.15, 0.2) is 23.1 Å². The Morgan fingerprint density at radius 1 is 1.32 bits per heavy atom. The highest BCUT2D eigenvalue weighted by molar-refractivity contribution is 7.89. The normalized spacial score (nSPS) is 12.7. The molecule has 0 saturated heterocycles. The highest BCUT2D eigenvalue weighted by Gasteiger charge is 2.26. The molecule has 0 fully saturated rings. The van der Waals surface area contributed by atoms with E-state index in [1.165, 1.54) is 25.1 Å². The van der Waals surface area contributed by atoms with Crippen molar-refractivity contribution in [3.8, 4) is 0 Å². The molecule has 0 aliphatic rings. The maximum atomic E-state index is 13.4. The van der Waals surface area contributed by atoms with Crippen LogP contribution in [-0.4, -0.2) is 25.7 Å². The van der Waals surface area contributed by atoms with Crippen LogP contribution < -0.4 is 4.72 Å². The summed E-state index contributed by atoms with van der Waals surface area (Å²) >= 11 is 0. The Morgan fingerprint density at radius 3 is 2.42 bits per heavy atom. The minimum atomic E-state index is -3.82. The van der Waals surface area contributed by atoms with Crippen LogP contribution in [0.4, 0.5) is 4.39 Å². The monoisotopic (exact) mass is 289 g/mol. The van der Waals surface area contributed by atoms with Gasteiger partial charge in [-0.15, -0.1) is 0 Å². The summed E-state index contributed by atoms with van der Waals surface area (Å²) in [4.78, 5) is -0.0953. The van der Waals surface area contributed by atoms with Gasteiger partial charge in [0.25, 0.3) is 0 Å². The Bertz CT molecular complexity index is 539. The lowest BCUT2D eigenvalue weighted by Crippen LogP contribution is -2.42. The molecule has 0 saturated carbocycles. The van der Waals surface area contributed by atoms with Crippen LogP contribution in [0.25, 0.3) is 0 Å². The summed E-state index contributed by atoms with van der Waals surface area (Å²) in [5.74, 6) is -0.566. The lowest BCUT2D eigenvalue weighted by Gasteiger charge is -2.25. The lowest BCUT2D eigenvalue weighted by atomic mass is 9.98. The van der Waals surface area contributed by atoms with E-state index in [-0.39, 0.29) is 17.0 Å². The zero-order valence-electron chi connectivity index (χ0n) is 11.4. The van der Waals surface area contributed by atoms with Crippen molar-refractivity contribution in [2.45, 2.75) is 44.1 Å². The van der Waals surface area contributed by atoms with Crippen LogP contribution in [0.5, 0.6) is 0 Å². The Balaban J connectivity index is 2.97. The minimum absolute atomic E-state index is 0.0755. The first-order valence-corrected chi connectivity index (χ1v) is 7.71. The average molecular weight is 289 g/mol. The molecule has 0 unspecified atom stereocenters. The third-order valence-corrected chi connectivity index (χ3v) is 4.96. The van der Waals surface area contributed by atoms with E-state index in [9.17, 15) is 17.9 Å². The van der Waals surface area contributed by atoms with Crippen LogP contribution in [0.1, 0.15) is 32.3 Å². The molecule has 108 valence electrons. The van der Waals surface area contributed by atoms with E-state index in [4.69, 9.17) is 0 Å². The highest BCUT2D eigenvalue weighted by Crippen LogP contribution is 2.19. The molecule has 0 aliphatic heterocycles. The van der Waals surface area contributed by atoms with Gasteiger partial charge in [0.15, 0.2) is 0 Å². The van der Waals surface area contributed by atoms with Gasteiger partial charge in [0.2, 0.25) is 10.0 Å². The Kier molecular flexibility index (Phi) is 5.06. The number of sulfonamides is 1. The Hall–Kier alpha value is -0.980. The van der Waals surface area contributed by atoms with Gasteiger partial charge in [-0.2, -0.15) is 0 Å². The number of nitrogens with one attached hydrogen (secondary N) is 1. The van der Waals surface area contributed by atoms with Crippen LogP contribution in [0.3, 0.4) is 0 Å². The summed E-state index contributed by atoms with van der Waals surface area (Å²) in [5.41, 5.74) is -1.000. The van der Waals surface area contributed by atoms with Crippen molar-refractivity contribution < 1.29 is 17.9 Å². The molecule has 0 aliphatic carbocycles. The van der Waals surface area contributed by atoms with Gasteiger partial charge in [0.1, 0.15) is 5.82 Å². The zero-order chi connectivity index (χ0) is 14.7. The molecule has 0 amide bonds. The molecule has 1 aromatic rings.